The first-order valence-corrected chi connectivity index (χ1v) is 9.16. The highest BCUT2D eigenvalue weighted by Gasteiger charge is 2.37. The Balaban J connectivity index is 1.48. The van der Waals surface area contributed by atoms with Gasteiger partial charge in [0.15, 0.2) is 0 Å². The second-order valence-corrected chi connectivity index (χ2v) is 6.71. The highest BCUT2D eigenvalue weighted by Crippen LogP contribution is 2.29. The molecule has 28 heavy (non-hydrogen) atoms. The van der Waals surface area contributed by atoms with E-state index in [0.29, 0.717) is 24.5 Å². The third-order valence-electron chi connectivity index (χ3n) is 4.84. The maximum Gasteiger partial charge on any atom is 0.234 e. The van der Waals surface area contributed by atoms with Crippen LogP contribution in [0.2, 0.25) is 0 Å². The minimum Gasteiger partial charge on any atom is -0.470 e. The predicted octanol–water partition coefficient (Wildman–Crippen LogP) is 3.37. The average Bonchev–Trinajstić information content (AvgIpc) is 2.72. The van der Waals surface area contributed by atoms with Crippen molar-refractivity contribution in [2.75, 3.05) is 13.1 Å². The van der Waals surface area contributed by atoms with E-state index in [0.717, 1.165) is 11.1 Å². The van der Waals surface area contributed by atoms with Crippen molar-refractivity contribution in [1.29, 1.82) is 5.26 Å². The predicted molar refractivity (Wildman–Crippen MR) is 105 cm³/mol. The first-order chi connectivity index (χ1) is 13.8. The molecule has 0 atom stereocenters. The molecule has 1 amide bonds. The molecule has 5 heteroatoms. The lowest BCUT2D eigenvalue weighted by molar-refractivity contribution is -0.140. The zero-order valence-corrected chi connectivity index (χ0v) is 15.2. The van der Waals surface area contributed by atoms with Crippen LogP contribution >= 0.6 is 0 Å². The lowest BCUT2D eigenvalue weighted by atomic mass is 9.89. The van der Waals surface area contributed by atoms with E-state index in [1.165, 1.54) is 0 Å². The van der Waals surface area contributed by atoms with E-state index in [-0.39, 0.29) is 17.9 Å². The van der Waals surface area contributed by atoms with Gasteiger partial charge in [-0.15, -0.1) is 0 Å². The number of carbonyl (C=O) groups is 1. The van der Waals surface area contributed by atoms with Crippen molar-refractivity contribution in [3.8, 4) is 11.9 Å². The lowest BCUT2D eigenvalue weighted by Crippen LogP contribution is -2.57. The number of nitrogens with zero attached hydrogens (tertiary/aromatic N) is 3. The number of ether oxygens (including phenoxy) is 1. The molecule has 1 saturated heterocycles. The first kappa shape index (κ1) is 17.7. The molecule has 0 aliphatic carbocycles. The molecule has 1 aliphatic rings. The topological polar surface area (TPSA) is 66.2 Å². The second-order valence-electron chi connectivity index (χ2n) is 6.71. The van der Waals surface area contributed by atoms with Gasteiger partial charge in [-0.1, -0.05) is 60.7 Å². The van der Waals surface area contributed by atoms with Crippen molar-refractivity contribution in [2.45, 2.75) is 12.0 Å². The third kappa shape index (κ3) is 3.58. The summed E-state index contributed by atoms with van der Waals surface area (Å²) in [4.78, 5) is 19.2. The van der Waals surface area contributed by atoms with E-state index in [9.17, 15) is 4.79 Å². The van der Waals surface area contributed by atoms with Crippen molar-refractivity contribution in [1.82, 2.24) is 9.88 Å². The molecule has 0 unspecified atom stereocenters. The van der Waals surface area contributed by atoms with Crippen LogP contribution in [0, 0.1) is 11.3 Å². The van der Waals surface area contributed by atoms with Crippen LogP contribution in [0.4, 0.5) is 0 Å². The van der Waals surface area contributed by atoms with Gasteiger partial charge in [-0.3, -0.25) is 4.79 Å². The SMILES string of the molecule is N#Cc1cccnc1OC1CN(C(=O)C(c2ccccc2)c2ccccc2)C1. The van der Waals surface area contributed by atoms with Crippen LogP contribution in [0.5, 0.6) is 5.88 Å². The number of hydrogen-bond acceptors (Lipinski definition) is 4. The lowest BCUT2D eigenvalue weighted by Gasteiger charge is -2.40. The van der Waals surface area contributed by atoms with Crippen molar-refractivity contribution in [3.05, 3.63) is 95.7 Å². The molecule has 2 heterocycles. The Hall–Kier alpha value is -3.65. The fraction of sp³-hybridized carbons (Fsp3) is 0.174. The van der Waals surface area contributed by atoms with Gasteiger partial charge in [0.2, 0.25) is 11.8 Å². The Morgan fingerprint density at radius 3 is 2.18 bits per heavy atom. The number of likely N-dealkylation sites (tertiary alicyclic amines) is 1. The van der Waals surface area contributed by atoms with Crippen LogP contribution in [0.15, 0.2) is 79.0 Å². The molecule has 3 aromatic rings. The Morgan fingerprint density at radius 1 is 1.00 bits per heavy atom. The molecular weight excluding hydrogens is 350 g/mol. The largest absolute Gasteiger partial charge is 0.470 e. The van der Waals surface area contributed by atoms with Crippen LogP contribution in [0.25, 0.3) is 0 Å². The molecule has 2 aromatic carbocycles. The summed E-state index contributed by atoms with van der Waals surface area (Å²) >= 11 is 0. The molecule has 1 fully saturated rings. The Morgan fingerprint density at radius 2 is 1.61 bits per heavy atom. The summed E-state index contributed by atoms with van der Waals surface area (Å²) in [6.07, 6.45) is 1.44. The molecule has 0 bridgehead atoms. The number of benzene rings is 2. The van der Waals surface area contributed by atoms with Gasteiger partial charge in [0.1, 0.15) is 17.7 Å². The maximum absolute atomic E-state index is 13.2. The summed E-state index contributed by atoms with van der Waals surface area (Å²) in [7, 11) is 0. The van der Waals surface area contributed by atoms with Gasteiger partial charge >= 0.3 is 0 Å². The monoisotopic (exact) mass is 369 g/mol. The standard InChI is InChI=1S/C23H19N3O2/c24-14-19-12-7-13-25-22(19)28-20-15-26(16-20)23(27)21(17-8-3-1-4-9-17)18-10-5-2-6-11-18/h1-13,20-21H,15-16H2. The Labute approximate surface area is 163 Å². The number of carbonyl (C=O) groups excluding carboxylic acids is 1. The van der Waals surface area contributed by atoms with Crippen molar-refractivity contribution in [2.24, 2.45) is 0 Å². The molecular formula is C23H19N3O2. The smallest absolute Gasteiger partial charge is 0.234 e. The summed E-state index contributed by atoms with van der Waals surface area (Å²) in [6.45, 7) is 0.965. The summed E-state index contributed by atoms with van der Waals surface area (Å²) in [5.74, 6) is 0.0383. The highest BCUT2D eigenvalue weighted by atomic mass is 16.5. The Kier molecular flexibility index (Phi) is 5.03. The van der Waals surface area contributed by atoms with E-state index >= 15 is 0 Å². The zero-order chi connectivity index (χ0) is 19.3. The maximum atomic E-state index is 13.2. The second kappa shape index (κ2) is 7.93. The van der Waals surface area contributed by atoms with E-state index in [1.54, 1.807) is 23.2 Å². The van der Waals surface area contributed by atoms with E-state index in [2.05, 4.69) is 11.1 Å². The molecule has 0 spiro atoms. The average molecular weight is 369 g/mol. The number of pyridine rings is 1. The minimum atomic E-state index is -0.340. The zero-order valence-electron chi connectivity index (χ0n) is 15.2. The molecule has 5 nitrogen and oxygen atoms in total. The quantitative estimate of drug-likeness (QED) is 0.692. The van der Waals surface area contributed by atoms with Gasteiger partial charge in [0.25, 0.3) is 0 Å². The summed E-state index contributed by atoms with van der Waals surface area (Å²) in [5, 5.41) is 9.15. The Bertz CT molecular complexity index is 954. The van der Waals surface area contributed by atoms with Crippen LogP contribution in [-0.4, -0.2) is 35.0 Å². The third-order valence-corrected chi connectivity index (χ3v) is 4.84. The molecule has 138 valence electrons. The van der Waals surface area contributed by atoms with Crippen molar-refractivity contribution >= 4 is 5.91 Å². The van der Waals surface area contributed by atoms with Crippen LogP contribution in [0.1, 0.15) is 22.6 Å². The van der Waals surface area contributed by atoms with Crippen molar-refractivity contribution in [3.63, 3.8) is 0 Å². The number of rotatable bonds is 5. The van der Waals surface area contributed by atoms with Gasteiger partial charge in [-0.2, -0.15) is 5.26 Å². The number of nitriles is 1. The highest BCUT2D eigenvalue weighted by molar-refractivity contribution is 5.88. The van der Waals surface area contributed by atoms with E-state index in [1.807, 2.05) is 60.7 Å². The fourth-order valence-corrected chi connectivity index (χ4v) is 3.37. The summed E-state index contributed by atoms with van der Waals surface area (Å²) in [5.41, 5.74) is 2.35. The minimum absolute atomic E-state index is 0.0544. The molecule has 0 N–H and O–H groups in total. The van der Waals surface area contributed by atoms with Gasteiger partial charge in [0.05, 0.1) is 19.0 Å². The summed E-state index contributed by atoms with van der Waals surface area (Å²) < 4.78 is 5.82. The van der Waals surface area contributed by atoms with E-state index in [4.69, 9.17) is 10.00 Å². The molecule has 1 aliphatic heterocycles. The molecule has 1 aromatic heterocycles. The molecule has 0 radical (unpaired) electrons. The normalized spacial score (nSPS) is 13.6. The summed E-state index contributed by atoms with van der Waals surface area (Å²) in [6, 6.07) is 25.1. The van der Waals surface area contributed by atoms with Crippen LogP contribution in [0.3, 0.4) is 0 Å². The first-order valence-electron chi connectivity index (χ1n) is 9.16. The van der Waals surface area contributed by atoms with Gasteiger partial charge in [0, 0.05) is 6.20 Å². The van der Waals surface area contributed by atoms with Gasteiger partial charge in [-0.25, -0.2) is 4.98 Å². The van der Waals surface area contributed by atoms with Crippen LogP contribution < -0.4 is 4.74 Å². The molecule has 0 saturated carbocycles. The van der Waals surface area contributed by atoms with Crippen LogP contribution in [-0.2, 0) is 4.79 Å². The molecule has 4 rings (SSSR count). The van der Waals surface area contributed by atoms with Gasteiger partial charge < -0.3 is 9.64 Å². The van der Waals surface area contributed by atoms with Gasteiger partial charge in [-0.05, 0) is 23.3 Å². The number of hydrogen-bond donors (Lipinski definition) is 0. The number of amides is 1. The van der Waals surface area contributed by atoms with E-state index < -0.39 is 0 Å². The fourth-order valence-electron chi connectivity index (χ4n) is 3.37. The van der Waals surface area contributed by atoms with Crippen molar-refractivity contribution < 1.29 is 9.53 Å². The number of aromatic nitrogens is 1.